The fraction of sp³-hybridized carbons (Fsp3) is 0.429. The molecule has 104 valence electrons. The molecule has 0 bridgehead atoms. The van der Waals surface area contributed by atoms with Crippen molar-refractivity contribution in [3.63, 3.8) is 0 Å². The topological polar surface area (TPSA) is 86.6 Å². The van der Waals surface area contributed by atoms with Gasteiger partial charge in [-0.3, -0.25) is 14.9 Å². The highest BCUT2D eigenvalue weighted by Gasteiger charge is 2.25. The zero-order valence-corrected chi connectivity index (χ0v) is 10.9. The van der Waals surface area contributed by atoms with Gasteiger partial charge in [-0.15, -0.1) is 0 Å². The molecule has 1 aromatic carbocycles. The molecule has 0 heterocycles. The van der Waals surface area contributed by atoms with Gasteiger partial charge in [0.1, 0.15) is 12.1 Å². The van der Waals surface area contributed by atoms with Crippen LogP contribution >= 0.6 is 0 Å². The summed E-state index contributed by atoms with van der Waals surface area (Å²) in [6.07, 6.45) is 1.36. The van der Waals surface area contributed by atoms with E-state index in [4.69, 9.17) is 5.11 Å². The van der Waals surface area contributed by atoms with E-state index in [0.717, 1.165) is 5.56 Å². The van der Waals surface area contributed by atoms with E-state index in [-0.39, 0.29) is 6.42 Å². The Hall–Kier alpha value is -1.88. The first-order chi connectivity index (χ1) is 9.04. The van der Waals surface area contributed by atoms with Crippen molar-refractivity contribution in [3.8, 4) is 0 Å². The zero-order chi connectivity index (χ0) is 14.3. The van der Waals surface area contributed by atoms with E-state index in [1.807, 2.05) is 37.3 Å². The van der Waals surface area contributed by atoms with Crippen LogP contribution < -0.4 is 5.32 Å². The summed E-state index contributed by atoms with van der Waals surface area (Å²) < 4.78 is 0. The Labute approximate surface area is 112 Å². The van der Waals surface area contributed by atoms with Gasteiger partial charge < -0.3 is 10.2 Å². The molecule has 5 nitrogen and oxygen atoms in total. The molecule has 0 amide bonds. The molecule has 0 saturated carbocycles. The Morgan fingerprint density at radius 3 is 2.16 bits per heavy atom. The number of benzene rings is 1. The minimum absolute atomic E-state index is 0.268. The highest BCUT2D eigenvalue weighted by atomic mass is 16.4. The predicted octanol–water partition coefficient (Wildman–Crippen LogP) is 1.53. The number of carbonyl (C=O) groups is 2. The molecule has 1 aromatic rings. The molecule has 0 fully saturated rings. The Bertz CT molecular complexity index is 419. The van der Waals surface area contributed by atoms with Gasteiger partial charge in [0.15, 0.2) is 0 Å². The minimum atomic E-state index is -1.04. The van der Waals surface area contributed by atoms with Gasteiger partial charge in [-0.05, 0) is 18.4 Å². The largest absolute Gasteiger partial charge is 0.480 e. The SMILES string of the molecule is CCCC(NC(Cc1ccccc1)C(=O)O)C(=O)O. The van der Waals surface area contributed by atoms with Gasteiger partial charge in [-0.2, -0.15) is 0 Å². The van der Waals surface area contributed by atoms with Gasteiger partial charge in [0.05, 0.1) is 0 Å². The van der Waals surface area contributed by atoms with Crippen LogP contribution in [0.15, 0.2) is 30.3 Å². The first-order valence-electron chi connectivity index (χ1n) is 6.30. The molecule has 0 aliphatic heterocycles. The van der Waals surface area contributed by atoms with Crippen molar-refractivity contribution in [2.75, 3.05) is 0 Å². The number of hydrogen-bond donors (Lipinski definition) is 3. The maximum absolute atomic E-state index is 11.2. The average Bonchev–Trinajstić information content (AvgIpc) is 2.38. The van der Waals surface area contributed by atoms with Crippen LogP contribution in [0.5, 0.6) is 0 Å². The van der Waals surface area contributed by atoms with Crippen molar-refractivity contribution >= 4 is 11.9 Å². The highest BCUT2D eigenvalue weighted by molar-refractivity contribution is 5.77. The second-order valence-electron chi connectivity index (χ2n) is 4.43. The van der Waals surface area contributed by atoms with E-state index in [1.54, 1.807) is 0 Å². The summed E-state index contributed by atoms with van der Waals surface area (Å²) in [7, 11) is 0. The van der Waals surface area contributed by atoms with Crippen molar-refractivity contribution in [2.45, 2.75) is 38.3 Å². The number of carboxylic acids is 2. The number of rotatable bonds is 8. The number of carboxylic acid groups (broad SMARTS) is 2. The predicted molar refractivity (Wildman–Crippen MR) is 71.0 cm³/mol. The molecule has 2 atom stereocenters. The fourth-order valence-corrected chi connectivity index (χ4v) is 1.88. The molecule has 0 aromatic heterocycles. The van der Waals surface area contributed by atoms with E-state index in [2.05, 4.69) is 5.32 Å². The second-order valence-corrected chi connectivity index (χ2v) is 4.43. The quantitative estimate of drug-likeness (QED) is 0.663. The molecule has 5 heteroatoms. The van der Waals surface area contributed by atoms with Crippen molar-refractivity contribution in [3.05, 3.63) is 35.9 Å². The third-order valence-corrected chi connectivity index (χ3v) is 2.86. The highest BCUT2D eigenvalue weighted by Crippen LogP contribution is 2.06. The van der Waals surface area contributed by atoms with Crippen molar-refractivity contribution in [1.82, 2.24) is 5.32 Å². The normalized spacial score (nSPS) is 13.7. The third kappa shape index (κ3) is 5.09. The lowest BCUT2D eigenvalue weighted by atomic mass is 10.0. The first-order valence-corrected chi connectivity index (χ1v) is 6.30. The zero-order valence-electron chi connectivity index (χ0n) is 10.9. The lowest BCUT2D eigenvalue weighted by Gasteiger charge is -2.20. The molecule has 0 radical (unpaired) electrons. The summed E-state index contributed by atoms with van der Waals surface area (Å²) in [5, 5.41) is 20.9. The summed E-state index contributed by atoms with van der Waals surface area (Å²) in [5.41, 5.74) is 0.864. The van der Waals surface area contributed by atoms with Crippen molar-refractivity contribution < 1.29 is 19.8 Å². The second kappa shape index (κ2) is 7.53. The fourth-order valence-electron chi connectivity index (χ4n) is 1.88. The van der Waals surface area contributed by atoms with E-state index in [1.165, 1.54) is 0 Å². The van der Waals surface area contributed by atoms with Crippen LogP contribution in [-0.2, 0) is 16.0 Å². The Morgan fingerprint density at radius 1 is 1.11 bits per heavy atom. The maximum atomic E-state index is 11.2. The monoisotopic (exact) mass is 265 g/mol. The lowest BCUT2D eigenvalue weighted by Crippen LogP contribution is -2.48. The summed E-state index contributed by atoms with van der Waals surface area (Å²) in [4.78, 5) is 22.3. The van der Waals surface area contributed by atoms with Gasteiger partial charge >= 0.3 is 11.9 Å². The van der Waals surface area contributed by atoms with Gasteiger partial charge in [0.25, 0.3) is 0 Å². The molecule has 0 aliphatic rings. The summed E-state index contributed by atoms with van der Waals surface area (Å²) >= 11 is 0. The van der Waals surface area contributed by atoms with Gasteiger partial charge in [0, 0.05) is 0 Å². The van der Waals surface area contributed by atoms with E-state index < -0.39 is 24.0 Å². The van der Waals surface area contributed by atoms with E-state index in [9.17, 15) is 14.7 Å². The van der Waals surface area contributed by atoms with Crippen molar-refractivity contribution in [1.29, 1.82) is 0 Å². The summed E-state index contributed by atoms with van der Waals surface area (Å²) in [5.74, 6) is -2.05. The van der Waals surface area contributed by atoms with Gasteiger partial charge in [-0.1, -0.05) is 43.7 Å². The van der Waals surface area contributed by atoms with Crippen LogP contribution in [0, 0.1) is 0 Å². The standard InChI is InChI=1S/C14H19NO4/c1-2-6-11(13(16)17)15-12(14(18)19)9-10-7-4-3-5-8-10/h3-5,7-8,11-12,15H,2,6,9H2,1H3,(H,16,17)(H,18,19). The number of hydrogen-bond acceptors (Lipinski definition) is 3. The first kappa shape index (κ1) is 15.2. The molecule has 0 spiro atoms. The molecular weight excluding hydrogens is 246 g/mol. The van der Waals surface area contributed by atoms with Crippen LogP contribution in [0.3, 0.4) is 0 Å². The van der Waals surface area contributed by atoms with Crippen LogP contribution in [0.1, 0.15) is 25.3 Å². The van der Waals surface area contributed by atoms with Crippen LogP contribution in [0.2, 0.25) is 0 Å². The molecule has 2 unspecified atom stereocenters. The summed E-state index contributed by atoms with van der Waals surface area (Å²) in [6.45, 7) is 1.87. The average molecular weight is 265 g/mol. The Morgan fingerprint density at radius 2 is 1.68 bits per heavy atom. The molecular formula is C14H19NO4. The number of nitrogens with one attached hydrogen (secondary N) is 1. The third-order valence-electron chi connectivity index (χ3n) is 2.86. The van der Waals surface area contributed by atoms with Crippen LogP contribution in [0.4, 0.5) is 0 Å². The Kier molecular flexibility index (Phi) is 6.02. The smallest absolute Gasteiger partial charge is 0.321 e. The minimum Gasteiger partial charge on any atom is -0.480 e. The van der Waals surface area contributed by atoms with E-state index in [0.29, 0.717) is 12.8 Å². The molecule has 19 heavy (non-hydrogen) atoms. The van der Waals surface area contributed by atoms with Crippen LogP contribution in [-0.4, -0.2) is 34.2 Å². The van der Waals surface area contributed by atoms with Crippen LogP contribution in [0.25, 0.3) is 0 Å². The molecule has 3 N–H and O–H groups in total. The van der Waals surface area contributed by atoms with Gasteiger partial charge in [-0.25, -0.2) is 0 Å². The van der Waals surface area contributed by atoms with Crippen molar-refractivity contribution in [2.24, 2.45) is 0 Å². The Balaban J connectivity index is 2.72. The molecule has 1 rings (SSSR count). The maximum Gasteiger partial charge on any atom is 0.321 e. The molecule has 0 saturated heterocycles. The number of aliphatic carboxylic acids is 2. The summed E-state index contributed by atoms with van der Waals surface area (Å²) in [6, 6.07) is 7.44. The lowest BCUT2D eigenvalue weighted by molar-refractivity contribution is -0.142. The molecule has 0 aliphatic carbocycles. The van der Waals surface area contributed by atoms with Gasteiger partial charge in [0.2, 0.25) is 0 Å². The van der Waals surface area contributed by atoms with E-state index >= 15 is 0 Å².